The Bertz CT molecular complexity index is 317. The molecule has 3 aliphatic carbocycles. The van der Waals surface area contributed by atoms with Gasteiger partial charge < -0.3 is 0 Å². The predicted octanol–water partition coefficient (Wildman–Crippen LogP) is 6.88. The van der Waals surface area contributed by atoms with Crippen molar-refractivity contribution < 1.29 is 0 Å². The fourth-order valence-corrected chi connectivity index (χ4v) is 9.90. The maximum Gasteiger partial charge on any atom is 0.118 e. The van der Waals surface area contributed by atoms with Gasteiger partial charge in [0.1, 0.15) is 15.7 Å². The minimum Gasteiger partial charge on any atom is -0.0599 e. The lowest BCUT2D eigenvalue weighted by Gasteiger charge is -2.40. The van der Waals surface area contributed by atoms with Gasteiger partial charge in [-0.25, -0.2) is 0 Å². The van der Waals surface area contributed by atoms with Gasteiger partial charge >= 0.3 is 0 Å². The fourth-order valence-electron chi connectivity index (χ4n) is 5.69. The molecule has 0 aromatic heterocycles. The summed E-state index contributed by atoms with van der Waals surface area (Å²) in [5.41, 5.74) is 0.541. The van der Waals surface area contributed by atoms with Crippen LogP contribution in [0.25, 0.3) is 0 Å². The quantitative estimate of drug-likeness (QED) is 0.493. The Morgan fingerprint density at radius 1 is 0.522 bits per heavy atom. The molecular formula is C22H41S+. The van der Waals surface area contributed by atoms with Gasteiger partial charge in [-0.15, -0.1) is 0 Å². The van der Waals surface area contributed by atoms with Crippen molar-refractivity contribution in [2.45, 2.75) is 126 Å². The largest absolute Gasteiger partial charge is 0.118 e. The van der Waals surface area contributed by atoms with Crippen LogP contribution in [0.4, 0.5) is 0 Å². The fraction of sp³-hybridized carbons (Fsp3) is 1.00. The molecular weight excluding hydrogens is 296 g/mol. The summed E-state index contributed by atoms with van der Waals surface area (Å²) in [6, 6.07) is 0. The van der Waals surface area contributed by atoms with Crippen LogP contribution in [0.15, 0.2) is 0 Å². The van der Waals surface area contributed by atoms with Crippen LogP contribution in [0.5, 0.6) is 0 Å². The van der Waals surface area contributed by atoms with Gasteiger partial charge in [0.2, 0.25) is 0 Å². The number of hydrogen-bond acceptors (Lipinski definition) is 0. The van der Waals surface area contributed by atoms with Crippen molar-refractivity contribution in [2.75, 3.05) is 0 Å². The second kappa shape index (κ2) is 8.15. The normalized spacial score (nSPS) is 32.3. The molecule has 0 atom stereocenters. The van der Waals surface area contributed by atoms with Crippen LogP contribution < -0.4 is 0 Å². The minimum atomic E-state index is 0.541. The highest BCUT2D eigenvalue weighted by atomic mass is 32.2. The van der Waals surface area contributed by atoms with Crippen LogP contribution in [0.3, 0.4) is 0 Å². The zero-order chi connectivity index (χ0) is 16.3. The van der Waals surface area contributed by atoms with Crippen LogP contribution >= 0.6 is 0 Å². The molecule has 0 heterocycles. The Morgan fingerprint density at radius 3 is 1.30 bits per heavy atom. The summed E-state index contributed by atoms with van der Waals surface area (Å²) in [4.78, 5) is 0. The lowest BCUT2D eigenvalue weighted by molar-refractivity contribution is 0.181. The molecule has 0 unspecified atom stereocenters. The first-order valence-corrected chi connectivity index (χ1v) is 12.2. The third-order valence-electron chi connectivity index (χ3n) is 7.16. The zero-order valence-electron chi connectivity index (χ0n) is 16.1. The van der Waals surface area contributed by atoms with Gasteiger partial charge in [0.05, 0.1) is 0 Å². The first-order valence-electron chi connectivity index (χ1n) is 10.8. The van der Waals surface area contributed by atoms with E-state index >= 15 is 0 Å². The SMILES string of the molecule is CC(C)(C)C1CCC([S+](C2CCCCC2)C2CCCCC2)CC1. The molecule has 0 radical (unpaired) electrons. The van der Waals surface area contributed by atoms with E-state index in [0.29, 0.717) is 5.41 Å². The minimum absolute atomic E-state index is 0.541. The van der Waals surface area contributed by atoms with Crippen LogP contribution in [0.1, 0.15) is 111 Å². The smallest absolute Gasteiger partial charge is 0.0599 e. The highest BCUT2D eigenvalue weighted by Gasteiger charge is 2.46. The van der Waals surface area contributed by atoms with E-state index < -0.39 is 0 Å². The summed E-state index contributed by atoms with van der Waals surface area (Å²) in [7, 11) is 0.774. The van der Waals surface area contributed by atoms with E-state index in [2.05, 4.69) is 20.8 Å². The van der Waals surface area contributed by atoms with Gasteiger partial charge in [-0.1, -0.05) is 33.6 Å². The molecule has 3 rings (SSSR count). The maximum atomic E-state index is 2.47. The highest BCUT2D eigenvalue weighted by molar-refractivity contribution is 7.98. The first kappa shape index (κ1) is 18.2. The van der Waals surface area contributed by atoms with Gasteiger partial charge in [-0.05, 0) is 99.3 Å². The van der Waals surface area contributed by atoms with Crippen LogP contribution in [0, 0.1) is 11.3 Å². The van der Waals surface area contributed by atoms with Crippen molar-refractivity contribution in [3.63, 3.8) is 0 Å². The van der Waals surface area contributed by atoms with Crippen LogP contribution in [-0.4, -0.2) is 15.7 Å². The van der Waals surface area contributed by atoms with E-state index in [0.717, 1.165) is 32.6 Å². The summed E-state index contributed by atoms with van der Waals surface area (Å²) in [5.74, 6) is 0.988. The van der Waals surface area contributed by atoms with Crippen molar-refractivity contribution >= 4 is 10.9 Å². The zero-order valence-corrected chi connectivity index (χ0v) is 16.9. The Balaban J connectivity index is 1.65. The van der Waals surface area contributed by atoms with Crippen molar-refractivity contribution in [3.8, 4) is 0 Å². The van der Waals surface area contributed by atoms with Crippen molar-refractivity contribution in [2.24, 2.45) is 11.3 Å². The maximum absolute atomic E-state index is 2.47. The third-order valence-corrected chi connectivity index (χ3v) is 10.9. The van der Waals surface area contributed by atoms with Crippen molar-refractivity contribution in [3.05, 3.63) is 0 Å². The van der Waals surface area contributed by atoms with Gasteiger partial charge in [0.15, 0.2) is 0 Å². The summed E-state index contributed by atoms with van der Waals surface area (Å²) in [5, 5.41) is 3.37. The Hall–Kier alpha value is 0.350. The molecule has 0 aromatic carbocycles. The van der Waals surface area contributed by atoms with E-state index in [9.17, 15) is 0 Å². The molecule has 0 nitrogen and oxygen atoms in total. The number of hydrogen-bond donors (Lipinski definition) is 0. The molecule has 0 saturated heterocycles. The summed E-state index contributed by atoms with van der Waals surface area (Å²) in [6.07, 6.45) is 21.7. The molecule has 0 spiro atoms. The Kier molecular flexibility index (Phi) is 6.43. The molecule has 0 bridgehead atoms. The first-order chi connectivity index (χ1) is 11.1. The molecule has 3 fully saturated rings. The van der Waals surface area contributed by atoms with Gasteiger partial charge in [-0.3, -0.25) is 0 Å². The molecule has 3 aliphatic rings. The second-order valence-electron chi connectivity index (χ2n) is 9.77. The molecule has 1 heteroatoms. The monoisotopic (exact) mass is 337 g/mol. The van der Waals surface area contributed by atoms with Gasteiger partial charge in [0, 0.05) is 0 Å². The molecule has 0 amide bonds. The topological polar surface area (TPSA) is 0 Å². The molecule has 23 heavy (non-hydrogen) atoms. The summed E-state index contributed by atoms with van der Waals surface area (Å²) >= 11 is 0. The standard InChI is InChI=1S/C22H41S/c1-22(2,3)18-14-16-21(17-15-18)23(19-10-6-4-7-11-19)20-12-8-5-9-13-20/h18-21H,4-17H2,1-3H3/q+1. The van der Waals surface area contributed by atoms with Gasteiger partial charge in [0.25, 0.3) is 0 Å². The van der Waals surface area contributed by atoms with E-state index in [1.807, 2.05) is 0 Å². The Labute approximate surface area is 148 Å². The van der Waals surface area contributed by atoms with E-state index in [1.54, 1.807) is 38.5 Å². The number of rotatable bonds is 3. The Morgan fingerprint density at radius 2 is 0.913 bits per heavy atom. The van der Waals surface area contributed by atoms with Crippen molar-refractivity contribution in [1.82, 2.24) is 0 Å². The summed E-state index contributed by atoms with van der Waals surface area (Å²) in [6.45, 7) is 7.42. The lowest BCUT2D eigenvalue weighted by atomic mass is 9.72. The average Bonchev–Trinajstić information content (AvgIpc) is 2.57. The molecule has 0 N–H and O–H groups in total. The molecule has 0 aromatic rings. The van der Waals surface area contributed by atoms with Crippen molar-refractivity contribution in [1.29, 1.82) is 0 Å². The van der Waals surface area contributed by atoms with E-state index in [1.165, 1.54) is 51.4 Å². The molecule has 3 saturated carbocycles. The molecule has 0 aliphatic heterocycles. The van der Waals surface area contributed by atoms with E-state index in [4.69, 9.17) is 0 Å². The van der Waals surface area contributed by atoms with Gasteiger partial charge in [-0.2, -0.15) is 0 Å². The average molecular weight is 338 g/mol. The van der Waals surface area contributed by atoms with E-state index in [-0.39, 0.29) is 0 Å². The molecule has 134 valence electrons. The second-order valence-corrected chi connectivity index (χ2v) is 12.6. The van der Waals surface area contributed by atoms with Crippen LogP contribution in [0.2, 0.25) is 0 Å². The highest BCUT2D eigenvalue weighted by Crippen LogP contribution is 2.44. The predicted molar refractivity (Wildman–Crippen MR) is 106 cm³/mol. The lowest BCUT2D eigenvalue weighted by Crippen LogP contribution is -2.44. The third kappa shape index (κ3) is 4.71. The van der Waals surface area contributed by atoms with Crippen LogP contribution in [-0.2, 0) is 10.9 Å². The summed E-state index contributed by atoms with van der Waals surface area (Å²) < 4.78 is 0.